The van der Waals surface area contributed by atoms with Crippen LogP contribution in [-0.4, -0.2) is 47.1 Å². The summed E-state index contributed by atoms with van der Waals surface area (Å²) >= 11 is 0. The van der Waals surface area contributed by atoms with Crippen molar-refractivity contribution < 1.29 is 19.8 Å². The fourth-order valence-electron chi connectivity index (χ4n) is 2.20. The monoisotopic (exact) mass is 264 g/mol. The molecule has 1 aromatic carbocycles. The van der Waals surface area contributed by atoms with Gasteiger partial charge in [-0.05, 0) is 32.1 Å². The van der Waals surface area contributed by atoms with E-state index in [0.717, 1.165) is 13.0 Å². The Morgan fingerprint density at radius 2 is 2.16 bits per heavy atom. The van der Waals surface area contributed by atoms with Gasteiger partial charge in [-0.25, -0.2) is 4.79 Å². The van der Waals surface area contributed by atoms with Gasteiger partial charge in [0.15, 0.2) is 5.75 Å². The molecule has 1 fully saturated rings. The highest BCUT2D eigenvalue weighted by molar-refractivity contribution is 5.98. The first-order valence-electron chi connectivity index (χ1n) is 6.03. The number of likely N-dealkylation sites (tertiary alicyclic amines) is 1. The number of carbonyl (C=O) groups is 2. The molecule has 1 aromatic rings. The summed E-state index contributed by atoms with van der Waals surface area (Å²) in [4.78, 5) is 24.9. The molecule has 102 valence electrons. The second-order valence-electron chi connectivity index (χ2n) is 4.74. The number of carboxylic acid groups (broad SMARTS) is 1. The Morgan fingerprint density at radius 1 is 1.42 bits per heavy atom. The molecule has 0 spiro atoms. The first kappa shape index (κ1) is 13.4. The smallest absolute Gasteiger partial charge is 0.339 e. The minimum absolute atomic E-state index is 0.127. The summed E-state index contributed by atoms with van der Waals surface area (Å²) in [6.07, 6.45) is 0.766. The molecule has 0 aromatic heterocycles. The van der Waals surface area contributed by atoms with Crippen LogP contribution in [-0.2, 0) is 4.79 Å². The highest BCUT2D eigenvalue weighted by Crippen LogP contribution is 2.28. The molecule has 1 heterocycles. The van der Waals surface area contributed by atoms with Crippen LogP contribution in [0, 0.1) is 5.92 Å². The summed E-state index contributed by atoms with van der Waals surface area (Å²) in [6.45, 7) is 1.53. The van der Waals surface area contributed by atoms with Crippen molar-refractivity contribution in [1.82, 2.24) is 4.90 Å². The lowest BCUT2D eigenvalue weighted by Gasteiger charge is -2.13. The second kappa shape index (κ2) is 5.27. The number of benzene rings is 1. The van der Waals surface area contributed by atoms with E-state index in [1.54, 1.807) is 0 Å². The molecular weight excluding hydrogens is 248 g/mol. The molecule has 1 aliphatic heterocycles. The van der Waals surface area contributed by atoms with Crippen LogP contribution in [0.2, 0.25) is 0 Å². The second-order valence-corrected chi connectivity index (χ2v) is 4.74. The molecule has 0 saturated carbocycles. The highest BCUT2D eigenvalue weighted by atomic mass is 16.4. The van der Waals surface area contributed by atoms with Crippen LogP contribution in [0.15, 0.2) is 18.2 Å². The maximum atomic E-state index is 12.0. The van der Waals surface area contributed by atoms with Crippen LogP contribution in [0.3, 0.4) is 0 Å². The van der Waals surface area contributed by atoms with Crippen LogP contribution >= 0.6 is 0 Å². The molecule has 3 N–H and O–H groups in total. The van der Waals surface area contributed by atoms with Gasteiger partial charge in [0.1, 0.15) is 5.56 Å². The Balaban J connectivity index is 2.13. The number of aromatic hydroxyl groups is 1. The summed E-state index contributed by atoms with van der Waals surface area (Å²) < 4.78 is 0. The third-order valence-corrected chi connectivity index (χ3v) is 3.29. The average molecular weight is 264 g/mol. The molecule has 1 unspecified atom stereocenters. The summed E-state index contributed by atoms with van der Waals surface area (Å²) in [5.41, 5.74) is -0.0826. The SMILES string of the molecule is CN1CCC(C(=O)Nc2cccc(C(=O)O)c2O)C1. The lowest BCUT2D eigenvalue weighted by atomic mass is 10.1. The molecule has 19 heavy (non-hydrogen) atoms. The van der Waals surface area contributed by atoms with Gasteiger partial charge in [0.25, 0.3) is 0 Å². The Morgan fingerprint density at radius 3 is 2.74 bits per heavy atom. The number of carbonyl (C=O) groups excluding carboxylic acids is 1. The predicted molar refractivity (Wildman–Crippen MR) is 69.3 cm³/mol. The third-order valence-electron chi connectivity index (χ3n) is 3.29. The number of rotatable bonds is 3. The molecule has 1 amide bonds. The van der Waals surface area contributed by atoms with E-state index < -0.39 is 11.7 Å². The van der Waals surface area contributed by atoms with Crippen molar-refractivity contribution in [3.05, 3.63) is 23.8 Å². The van der Waals surface area contributed by atoms with Crippen LogP contribution in [0.25, 0.3) is 0 Å². The summed E-state index contributed by atoms with van der Waals surface area (Å²) in [5, 5.41) is 21.3. The molecule has 0 bridgehead atoms. The third kappa shape index (κ3) is 2.85. The summed E-state index contributed by atoms with van der Waals surface area (Å²) in [5.74, 6) is -1.95. The Bertz CT molecular complexity index is 515. The fourth-order valence-corrected chi connectivity index (χ4v) is 2.20. The predicted octanol–water partition coefficient (Wildman–Crippen LogP) is 0.981. The first-order valence-corrected chi connectivity index (χ1v) is 6.03. The van der Waals surface area contributed by atoms with Gasteiger partial charge in [0.05, 0.1) is 11.6 Å². The van der Waals surface area contributed by atoms with Crippen molar-refractivity contribution >= 4 is 17.6 Å². The zero-order chi connectivity index (χ0) is 14.0. The van der Waals surface area contributed by atoms with Gasteiger partial charge in [-0.15, -0.1) is 0 Å². The zero-order valence-corrected chi connectivity index (χ0v) is 10.6. The molecule has 1 aliphatic rings. The van der Waals surface area contributed by atoms with Crippen molar-refractivity contribution in [2.24, 2.45) is 5.92 Å². The minimum Gasteiger partial charge on any atom is -0.505 e. The van der Waals surface area contributed by atoms with Gasteiger partial charge in [0, 0.05) is 6.54 Å². The van der Waals surface area contributed by atoms with Crippen LogP contribution in [0.1, 0.15) is 16.8 Å². The van der Waals surface area contributed by atoms with E-state index in [-0.39, 0.29) is 23.1 Å². The number of nitrogens with one attached hydrogen (secondary N) is 1. The van der Waals surface area contributed by atoms with E-state index >= 15 is 0 Å². The fraction of sp³-hybridized carbons (Fsp3) is 0.385. The molecule has 1 atom stereocenters. The van der Waals surface area contributed by atoms with E-state index in [4.69, 9.17) is 5.11 Å². The Labute approximate surface area is 110 Å². The number of nitrogens with zero attached hydrogens (tertiary/aromatic N) is 1. The number of aromatic carboxylic acids is 1. The molecule has 6 heteroatoms. The normalized spacial score (nSPS) is 19.3. The standard InChI is InChI=1S/C13H16N2O4/c1-15-6-5-8(7-15)12(17)14-10-4-2-3-9(11(10)16)13(18)19/h2-4,8,16H,5-7H2,1H3,(H,14,17)(H,18,19). The van der Waals surface area contributed by atoms with Crippen LogP contribution < -0.4 is 5.32 Å². The summed E-state index contributed by atoms with van der Waals surface area (Å²) in [7, 11) is 1.94. The van der Waals surface area contributed by atoms with Crippen molar-refractivity contribution in [2.75, 3.05) is 25.5 Å². The maximum absolute atomic E-state index is 12.0. The quantitative estimate of drug-likeness (QED) is 0.708. The number of para-hydroxylation sites is 1. The Kier molecular flexibility index (Phi) is 3.71. The van der Waals surface area contributed by atoms with Gasteiger partial charge in [-0.2, -0.15) is 0 Å². The maximum Gasteiger partial charge on any atom is 0.339 e. The number of phenols is 1. The molecule has 6 nitrogen and oxygen atoms in total. The van der Waals surface area contributed by atoms with Gasteiger partial charge < -0.3 is 20.4 Å². The summed E-state index contributed by atoms with van der Waals surface area (Å²) in [6, 6.07) is 4.26. The number of hydrogen-bond acceptors (Lipinski definition) is 4. The van der Waals surface area contributed by atoms with Gasteiger partial charge in [0.2, 0.25) is 5.91 Å². The molecular formula is C13H16N2O4. The van der Waals surface area contributed by atoms with E-state index in [2.05, 4.69) is 10.2 Å². The highest BCUT2D eigenvalue weighted by Gasteiger charge is 2.27. The van der Waals surface area contributed by atoms with Crippen molar-refractivity contribution in [2.45, 2.75) is 6.42 Å². The number of carboxylic acids is 1. The van der Waals surface area contributed by atoms with E-state index in [1.165, 1.54) is 18.2 Å². The largest absolute Gasteiger partial charge is 0.505 e. The van der Waals surface area contributed by atoms with Gasteiger partial charge in [-0.1, -0.05) is 6.07 Å². The molecule has 0 radical (unpaired) electrons. The van der Waals surface area contributed by atoms with Crippen LogP contribution in [0.5, 0.6) is 5.75 Å². The lowest BCUT2D eigenvalue weighted by molar-refractivity contribution is -0.119. The minimum atomic E-state index is -1.23. The average Bonchev–Trinajstić information content (AvgIpc) is 2.78. The first-order chi connectivity index (χ1) is 8.99. The van der Waals surface area contributed by atoms with Crippen molar-refractivity contribution in [1.29, 1.82) is 0 Å². The zero-order valence-electron chi connectivity index (χ0n) is 10.6. The van der Waals surface area contributed by atoms with E-state index in [0.29, 0.717) is 6.54 Å². The topological polar surface area (TPSA) is 89.9 Å². The molecule has 0 aliphatic carbocycles. The molecule has 2 rings (SSSR count). The van der Waals surface area contributed by atoms with E-state index in [1.807, 2.05) is 7.05 Å². The Hall–Kier alpha value is -2.08. The van der Waals surface area contributed by atoms with Gasteiger partial charge in [-0.3, -0.25) is 4.79 Å². The number of anilines is 1. The van der Waals surface area contributed by atoms with Crippen molar-refractivity contribution in [3.63, 3.8) is 0 Å². The lowest BCUT2D eigenvalue weighted by Crippen LogP contribution is -2.25. The number of amides is 1. The molecule has 1 saturated heterocycles. The van der Waals surface area contributed by atoms with Crippen LogP contribution in [0.4, 0.5) is 5.69 Å². The van der Waals surface area contributed by atoms with E-state index in [9.17, 15) is 14.7 Å². The number of hydrogen-bond donors (Lipinski definition) is 3. The van der Waals surface area contributed by atoms with Gasteiger partial charge >= 0.3 is 5.97 Å². The van der Waals surface area contributed by atoms with Crippen molar-refractivity contribution in [3.8, 4) is 5.75 Å².